The van der Waals surface area contributed by atoms with Gasteiger partial charge in [-0.05, 0) is 102 Å². The first kappa shape index (κ1) is 43.5. The van der Waals surface area contributed by atoms with Gasteiger partial charge >= 0.3 is 0 Å². The van der Waals surface area contributed by atoms with Gasteiger partial charge < -0.3 is 18.0 Å². The molecule has 0 spiro atoms. The quantitative estimate of drug-likeness (QED) is 0.158. The topological polar surface area (TPSA) is 98.6 Å². The Morgan fingerprint density at radius 2 is 0.769 bits per heavy atom. The summed E-state index contributed by atoms with van der Waals surface area (Å²) < 4.78 is 18.2. The minimum absolute atomic E-state index is 0.513. The number of rotatable bonds is 7. The van der Waals surface area contributed by atoms with E-state index in [9.17, 15) is 5.26 Å². The molecule has 8 heteroatoms. The molecule has 0 fully saturated rings. The lowest BCUT2D eigenvalue weighted by atomic mass is 9.94. The predicted molar refractivity (Wildman–Crippen MR) is 315 cm³/mol. The van der Waals surface area contributed by atoms with Crippen LogP contribution in [-0.4, -0.2) is 24.1 Å². The summed E-state index contributed by atoms with van der Waals surface area (Å²) in [5, 5.41) is 18.6. The maximum Gasteiger partial charge on any atom is 0.166 e. The number of furan rings is 2. The van der Waals surface area contributed by atoms with Gasteiger partial charge in [0.1, 0.15) is 22.3 Å². The molecule has 0 amide bonds. The summed E-state index contributed by atoms with van der Waals surface area (Å²) in [5.41, 5.74) is 16.2. The molecule has 0 saturated heterocycles. The molecule has 8 nitrogen and oxygen atoms in total. The van der Waals surface area contributed by atoms with Crippen molar-refractivity contribution in [1.82, 2.24) is 24.1 Å². The summed E-state index contributed by atoms with van der Waals surface area (Å²) in [6.45, 7) is 0. The molecule has 0 atom stereocenters. The number of nitriles is 1. The van der Waals surface area contributed by atoms with Crippen molar-refractivity contribution < 1.29 is 8.83 Å². The van der Waals surface area contributed by atoms with E-state index >= 15 is 0 Å². The highest BCUT2D eigenvalue weighted by Gasteiger charge is 2.26. The van der Waals surface area contributed by atoms with Crippen LogP contribution in [0.4, 0.5) is 0 Å². The Bertz CT molecular complexity index is 5120. The van der Waals surface area contributed by atoms with E-state index in [1.54, 1.807) is 0 Å². The molecule has 362 valence electrons. The Kier molecular flexibility index (Phi) is 9.53. The summed E-state index contributed by atoms with van der Waals surface area (Å²) in [6.07, 6.45) is 0. The molecule has 11 aromatic carbocycles. The largest absolute Gasteiger partial charge is 0.455 e. The van der Waals surface area contributed by atoms with Crippen molar-refractivity contribution in [3.63, 3.8) is 0 Å². The van der Waals surface area contributed by atoms with Gasteiger partial charge in [-0.2, -0.15) is 5.26 Å². The summed E-state index contributed by atoms with van der Waals surface area (Å²) in [4.78, 5) is 16.0. The van der Waals surface area contributed by atoms with Crippen molar-refractivity contribution in [2.24, 2.45) is 0 Å². The van der Waals surface area contributed by atoms with Gasteiger partial charge in [-0.15, -0.1) is 0 Å². The van der Waals surface area contributed by atoms with E-state index in [-0.39, 0.29) is 0 Å². The monoisotopic (exact) mass is 996 g/mol. The smallest absolute Gasteiger partial charge is 0.166 e. The SMILES string of the molecule is N#Cc1cccc(-c2ccc(-n3c4ccccc4c4c5oc6ccccc6c5ccc43)c(-c3ccc(-n4c5ccccc5c5c6oc7ccccc7c6ccc54)c(-c4nc(-c5ccccc5)nc(-c5ccccc5)n4)c3)c2)c1. The number of benzene rings is 11. The van der Waals surface area contributed by atoms with Crippen molar-refractivity contribution in [2.75, 3.05) is 0 Å². The summed E-state index contributed by atoms with van der Waals surface area (Å²) in [7, 11) is 0. The van der Waals surface area contributed by atoms with Crippen LogP contribution in [-0.2, 0) is 0 Å². The second-order valence-electron chi connectivity index (χ2n) is 19.8. The molecule has 16 aromatic rings. The van der Waals surface area contributed by atoms with Crippen LogP contribution in [0.5, 0.6) is 0 Å². The molecule has 0 saturated carbocycles. The fourth-order valence-electron chi connectivity index (χ4n) is 11.9. The average Bonchev–Trinajstić information content (AvgIpc) is 4.42. The van der Waals surface area contributed by atoms with E-state index < -0.39 is 0 Å². The first-order valence-corrected chi connectivity index (χ1v) is 26.0. The molecule has 0 radical (unpaired) electrons. The zero-order chi connectivity index (χ0) is 51.4. The highest BCUT2D eigenvalue weighted by atomic mass is 16.3. The Balaban J connectivity index is 1.02. The molecule has 0 N–H and O–H groups in total. The fourth-order valence-corrected chi connectivity index (χ4v) is 11.9. The molecule has 78 heavy (non-hydrogen) atoms. The molecule has 0 aliphatic rings. The van der Waals surface area contributed by atoms with Gasteiger partial charge in [0, 0.05) is 54.6 Å². The molecule has 0 aliphatic heterocycles. The van der Waals surface area contributed by atoms with Crippen molar-refractivity contribution in [3.8, 4) is 73.9 Å². The molecule has 5 heterocycles. The van der Waals surface area contributed by atoms with E-state index in [0.717, 1.165) is 138 Å². The number of aromatic nitrogens is 5. The maximum atomic E-state index is 10.1. The van der Waals surface area contributed by atoms with Gasteiger partial charge in [0.25, 0.3) is 0 Å². The van der Waals surface area contributed by atoms with Crippen LogP contribution in [0.15, 0.2) is 251 Å². The Hall–Kier alpha value is -10.9. The Labute approximate surface area is 445 Å². The summed E-state index contributed by atoms with van der Waals surface area (Å²) in [6, 6.07) is 86.1. The van der Waals surface area contributed by atoms with Gasteiger partial charge in [0.2, 0.25) is 0 Å². The van der Waals surface area contributed by atoms with Crippen molar-refractivity contribution in [1.29, 1.82) is 5.26 Å². The third kappa shape index (κ3) is 6.62. The van der Waals surface area contributed by atoms with E-state index in [1.165, 1.54) is 0 Å². The van der Waals surface area contributed by atoms with Crippen LogP contribution in [0.3, 0.4) is 0 Å². The number of nitrogens with zero attached hydrogens (tertiary/aromatic N) is 6. The minimum Gasteiger partial charge on any atom is -0.455 e. The molecular weight excluding hydrogens is 957 g/mol. The van der Waals surface area contributed by atoms with E-state index in [4.69, 9.17) is 23.8 Å². The average molecular weight is 997 g/mol. The van der Waals surface area contributed by atoms with Crippen LogP contribution in [0.2, 0.25) is 0 Å². The zero-order valence-corrected chi connectivity index (χ0v) is 41.6. The van der Waals surface area contributed by atoms with Crippen LogP contribution >= 0.6 is 0 Å². The van der Waals surface area contributed by atoms with Gasteiger partial charge in [-0.25, -0.2) is 15.0 Å². The maximum absolute atomic E-state index is 10.1. The third-order valence-electron chi connectivity index (χ3n) is 15.4. The molecule has 16 rings (SSSR count). The van der Waals surface area contributed by atoms with Gasteiger partial charge in [0.15, 0.2) is 17.5 Å². The standard InChI is InChI=1S/C70H40N6O2/c71-41-42-16-15-21-45(38-42)46-30-34-58(75-56-26-11-7-24-52(56)64-60(75)36-32-50-48-22-9-13-28-62(48)77-66(50)64)54(39-46)47-31-35-59(55(40-47)70-73-68(43-17-3-1-4-18-43)72-69(74-70)44-19-5-2-6-20-44)76-57-27-12-8-25-53(57)65-61(76)37-33-51-49-23-10-14-29-63(49)78-67(51)65/h1-40H. The normalized spacial score (nSPS) is 11.8. The van der Waals surface area contributed by atoms with Crippen molar-refractivity contribution >= 4 is 87.5 Å². The number of hydrogen-bond acceptors (Lipinski definition) is 6. The van der Waals surface area contributed by atoms with Crippen LogP contribution in [0.25, 0.3) is 155 Å². The minimum atomic E-state index is 0.513. The molecule has 0 aliphatic carbocycles. The van der Waals surface area contributed by atoms with E-state index in [2.05, 4.69) is 155 Å². The molecule has 0 bridgehead atoms. The zero-order valence-electron chi connectivity index (χ0n) is 41.6. The second-order valence-corrected chi connectivity index (χ2v) is 19.8. The first-order valence-electron chi connectivity index (χ1n) is 26.0. The first-order chi connectivity index (χ1) is 38.6. The predicted octanol–water partition coefficient (Wildman–Crippen LogP) is 18.1. The third-order valence-corrected chi connectivity index (χ3v) is 15.4. The lowest BCUT2D eigenvalue weighted by molar-refractivity contribution is 0.672. The highest BCUT2D eigenvalue weighted by Crippen LogP contribution is 2.46. The van der Waals surface area contributed by atoms with Crippen LogP contribution in [0, 0.1) is 11.3 Å². The van der Waals surface area contributed by atoms with Gasteiger partial charge in [-0.1, -0.05) is 158 Å². The fraction of sp³-hybridized carbons (Fsp3) is 0. The molecule has 0 unspecified atom stereocenters. The van der Waals surface area contributed by atoms with E-state index in [1.807, 2.05) is 103 Å². The molecule has 5 aromatic heterocycles. The van der Waals surface area contributed by atoms with Gasteiger partial charge in [0.05, 0.1) is 55.8 Å². The van der Waals surface area contributed by atoms with Gasteiger partial charge in [-0.3, -0.25) is 0 Å². The lowest BCUT2D eigenvalue weighted by Crippen LogP contribution is -2.04. The van der Waals surface area contributed by atoms with E-state index in [0.29, 0.717) is 23.0 Å². The number of hydrogen-bond donors (Lipinski definition) is 0. The summed E-state index contributed by atoms with van der Waals surface area (Å²) in [5.74, 6) is 1.63. The highest BCUT2D eigenvalue weighted by molar-refractivity contribution is 6.25. The number of fused-ring (bicyclic) bond motifs is 14. The second kappa shape index (κ2) is 17.1. The van der Waals surface area contributed by atoms with Crippen LogP contribution in [0.1, 0.15) is 5.56 Å². The lowest BCUT2D eigenvalue weighted by Gasteiger charge is -2.19. The van der Waals surface area contributed by atoms with Crippen molar-refractivity contribution in [2.45, 2.75) is 0 Å². The Morgan fingerprint density at radius 1 is 0.321 bits per heavy atom. The van der Waals surface area contributed by atoms with Crippen LogP contribution < -0.4 is 0 Å². The summed E-state index contributed by atoms with van der Waals surface area (Å²) >= 11 is 0. The Morgan fingerprint density at radius 3 is 1.33 bits per heavy atom. The molecular formula is C70H40N6O2. The number of para-hydroxylation sites is 4. The van der Waals surface area contributed by atoms with Crippen molar-refractivity contribution in [3.05, 3.63) is 248 Å².